The first-order chi connectivity index (χ1) is 11.2. The monoisotopic (exact) mass is 332 g/mol. The predicted molar refractivity (Wildman–Crippen MR) is 86.9 cm³/mol. The van der Waals surface area contributed by atoms with Crippen LogP contribution in [0.3, 0.4) is 0 Å². The molecule has 0 N–H and O–H groups in total. The maximum absolute atomic E-state index is 12.7. The third-order valence-corrected chi connectivity index (χ3v) is 4.92. The number of hydrogen-bond acceptors (Lipinski definition) is 6. The molecular formula is C16H20N4O2S. The molecule has 1 amide bonds. The molecule has 3 rings (SSSR count). The van der Waals surface area contributed by atoms with Crippen molar-refractivity contribution in [1.29, 1.82) is 0 Å². The quantitative estimate of drug-likeness (QED) is 0.802. The van der Waals surface area contributed by atoms with E-state index in [0.717, 1.165) is 37.1 Å². The normalized spacial score (nSPS) is 18.7. The van der Waals surface area contributed by atoms with Crippen LogP contribution >= 0.6 is 11.8 Å². The average molecular weight is 332 g/mol. The Morgan fingerprint density at radius 1 is 1.35 bits per heavy atom. The number of hydrogen-bond donors (Lipinski definition) is 0. The Bertz CT molecular complexity index is 647. The lowest BCUT2D eigenvalue weighted by Crippen LogP contribution is -2.36. The van der Waals surface area contributed by atoms with E-state index in [2.05, 4.69) is 15.1 Å². The summed E-state index contributed by atoms with van der Waals surface area (Å²) in [6.45, 7) is 2.53. The van der Waals surface area contributed by atoms with Gasteiger partial charge in [-0.15, -0.1) is 11.8 Å². The number of pyridine rings is 1. The number of carbonyl (C=O) groups is 1. The van der Waals surface area contributed by atoms with Crippen molar-refractivity contribution >= 4 is 17.7 Å². The molecule has 2 aromatic heterocycles. The minimum Gasteiger partial charge on any atom is -0.340 e. The Morgan fingerprint density at radius 3 is 2.91 bits per heavy atom. The fourth-order valence-corrected chi connectivity index (χ4v) is 3.56. The van der Waals surface area contributed by atoms with Gasteiger partial charge in [0.25, 0.3) is 0 Å². The van der Waals surface area contributed by atoms with Crippen molar-refractivity contribution in [2.45, 2.75) is 43.5 Å². The maximum Gasteiger partial charge on any atom is 0.233 e. The summed E-state index contributed by atoms with van der Waals surface area (Å²) in [5, 5.41) is 4.04. The lowest BCUT2D eigenvalue weighted by atomic mass is 10.1. The second kappa shape index (κ2) is 7.59. The first kappa shape index (κ1) is 16.0. The van der Waals surface area contributed by atoms with Crippen LogP contribution in [0.25, 0.3) is 0 Å². The minimum absolute atomic E-state index is 0.0690. The third kappa shape index (κ3) is 4.10. The molecule has 1 aliphatic rings. The highest BCUT2D eigenvalue weighted by molar-refractivity contribution is 8.00. The zero-order valence-corrected chi connectivity index (χ0v) is 14.0. The summed E-state index contributed by atoms with van der Waals surface area (Å²) in [5.41, 5.74) is 0. The molecule has 0 saturated carbocycles. The number of rotatable bonds is 4. The molecule has 3 heterocycles. The predicted octanol–water partition coefficient (Wildman–Crippen LogP) is 3.01. The molecule has 2 aromatic rings. The van der Waals surface area contributed by atoms with Gasteiger partial charge in [-0.1, -0.05) is 18.0 Å². The Kier molecular flexibility index (Phi) is 5.27. The molecule has 7 heteroatoms. The molecule has 0 radical (unpaired) electrons. The Labute approximate surface area is 139 Å². The highest BCUT2D eigenvalue weighted by Gasteiger charge is 2.29. The molecule has 23 heavy (non-hydrogen) atoms. The molecule has 6 nitrogen and oxygen atoms in total. The number of likely N-dealkylation sites (tertiary alicyclic amines) is 1. The summed E-state index contributed by atoms with van der Waals surface area (Å²) >= 11 is 1.54. The van der Waals surface area contributed by atoms with Gasteiger partial charge in [0.1, 0.15) is 0 Å². The molecule has 0 bridgehead atoms. The van der Waals surface area contributed by atoms with Crippen molar-refractivity contribution in [1.82, 2.24) is 20.0 Å². The highest BCUT2D eigenvalue weighted by atomic mass is 32.2. The van der Waals surface area contributed by atoms with Crippen molar-refractivity contribution in [2.24, 2.45) is 0 Å². The molecule has 1 atom stereocenters. The largest absolute Gasteiger partial charge is 0.340 e. The van der Waals surface area contributed by atoms with Crippen molar-refractivity contribution < 1.29 is 9.32 Å². The van der Waals surface area contributed by atoms with E-state index >= 15 is 0 Å². The van der Waals surface area contributed by atoms with Gasteiger partial charge < -0.3 is 9.42 Å². The fourth-order valence-electron chi connectivity index (χ4n) is 2.79. The number of thioether (sulfide) groups is 1. The Balaban J connectivity index is 1.70. The summed E-state index contributed by atoms with van der Waals surface area (Å²) in [4.78, 5) is 24.0. The van der Waals surface area contributed by atoms with Crippen molar-refractivity contribution in [3.8, 4) is 0 Å². The van der Waals surface area contributed by atoms with Crippen molar-refractivity contribution in [2.75, 3.05) is 12.3 Å². The standard InChI is InChI=1S/C16H20N4O2S/c1-12-18-16(19-22-12)14-5-3-2-4-10-20(14)15(21)11-23-13-6-8-17-9-7-13/h6-9,14H,2-5,10-11H2,1H3. The highest BCUT2D eigenvalue weighted by Crippen LogP contribution is 2.29. The van der Waals surface area contributed by atoms with Crippen LogP contribution in [-0.2, 0) is 4.79 Å². The fraction of sp³-hybridized carbons (Fsp3) is 0.500. The molecule has 0 aromatic carbocycles. The lowest BCUT2D eigenvalue weighted by Gasteiger charge is -2.27. The van der Waals surface area contributed by atoms with Crippen LogP contribution in [0, 0.1) is 6.92 Å². The van der Waals surface area contributed by atoms with Gasteiger partial charge in [0.05, 0.1) is 11.8 Å². The number of aryl methyl sites for hydroxylation is 1. The van der Waals surface area contributed by atoms with Gasteiger partial charge in [0.2, 0.25) is 11.8 Å². The van der Waals surface area contributed by atoms with E-state index in [1.807, 2.05) is 17.0 Å². The van der Waals surface area contributed by atoms with Gasteiger partial charge in [-0.25, -0.2) is 0 Å². The van der Waals surface area contributed by atoms with Crippen LogP contribution in [0.1, 0.15) is 43.4 Å². The zero-order chi connectivity index (χ0) is 16.1. The molecule has 1 unspecified atom stereocenters. The van der Waals surface area contributed by atoms with Crippen LogP contribution < -0.4 is 0 Å². The van der Waals surface area contributed by atoms with Crippen LogP contribution in [0.2, 0.25) is 0 Å². The summed E-state index contributed by atoms with van der Waals surface area (Å²) in [7, 11) is 0. The van der Waals surface area contributed by atoms with Gasteiger partial charge in [-0.3, -0.25) is 9.78 Å². The molecule has 1 fully saturated rings. The van der Waals surface area contributed by atoms with E-state index in [-0.39, 0.29) is 11.9 Å². The van der Waals surface area contributed by atoms with Gasteiger partial charge in [0, 0.05) is 30.8 Å². The van der Waals surface area contributed by atoms with Crippen LogP contribution in [-0.4, -0.2) is 38.2 Å². The van der Waals surface area contributed by atoms with E-state index in [9.17, 15) is 4.79 Å². The number of amides is 1. The minimum atomic E-state index is -0.0690. The van der Waals surface area contributed by atoms with E-state index in [1.54, 1.807) is 19.3 Å². The summed E-state index contributed by atoms with van der Waals surface area (Å²) in [6.07, 6.45) is 7.62. The van der Waals surface area contributed by atoms with Crippen LogP contribution in [0.5, 0.6) is 0 Å². The molecular weight excluding hydrogens is 312 g/mol. The zero-order valence-electron chi connectivity index (χ0n) is 13.1. The van der Waals surface area contributed by atoms with E-state index < -0.39 is 0 Å². The lowest BCUT2D eigenvalue weighted by molar-refractivity contribution is -0.130. The van der Waals surface area contributed by atoms with E-state index in [4.69, 9.17) is 4.52 Å². The van der Waals surface area contributed by atoms with Gasteiger partial charge in [-0.2, -0.15) is 4.98 Å². The van der Waals surface area contributed by atoms with Crippen molar-refractivity contribution in [3.63, 3.8) is 0 Å². The topological polar surface area (TPSA) is 72.1 Å². The molecule has 1 saturated heterocycles. The van der Waals surface area contributed by atoms with Gasteiger partial charge in [0.15, 0.2) is 5.82 Å². The molecule has 1 aliphatic heterocycles. The number of carbonyl (C=O) groups excluding carboxylic acids is 1. The Hall–Kier alpha value is -1.89. The van der Waals surface area contributed by atoms with Crippen LogP contribution in [0.15, 0.2) is 33.9 Å². The summed E-state index contributed by atoms with van der Waals surface area (Å²) in [6, 6.07) is 3.77. The third-order valence-electron chi connectivity index (χ3n) is 3.93. The SMILES string of the molecule is Cc1nc(C2CCCCCN2C(=O)CSc2ccncc2)no1. The first-order valence-electron chi connectivity index (χ1n) is 7.86. The van der Waals surface area contributed by atoms with Gasteiger partial charge >= 0.3 is 0 Å². The number of aromatic nitrogens is 3. The van der Waals surface area contributed by atoms with Crippen LogP contribution in [0.4, 0.5) is 0 Å². The van der Waals surface area contributed by atoms with Gasteiger partial charge in [-0.05, 0) is 25.0 Å². The van der Waals surface area contributed by atoms with Crippen molar-refractivity contribution in [3.05, 3.63) is 36.2 Å². The molecule has 122 valence electrons. The first-order valence-corrected chi connectivity index (χ1v) is 8.85. The summed E-state index contributed by atoms with van der Waals surface area (Å²) in [5.74, 6) is 1.72. The maximum atomic E-state index is 12.7. The van der Waals surface area contributed by atoms with E-state index in [1.165, 1.54) is 11.8 Å². The van der Waals surface area contributed by atoms with E-state index in [0.29, 0.717) is 17.5 Å². The number of nitrogens with zero attached hydrogens (tertiary/aromatic N) is 4. The smallest absolute Gasteiger partial charge is 0.233 e. The molecule has 0 aliphatic carbocycles. The average Bonchev–Trinajstić information content (AvgIpc) is 2.85. The second-order valence-corrected chi connectivity index (χ2v) is 6.64. The second-order valence-electron chi connectivity index (χ2n) is 5.60. The summed E-state index contributed by atoms with van der Waals surface area (Å²) < 4.78 is 5.10. The molecule has 0 spiro atoms. The Morgan fingerprint density at radius 2 is 2.17 bits per heavy atom.